The van der Waals surface area contributed by atoms with Crippen molar-refractivity contribution >= 4 is 17.6 Å². The summed E-state index contributed by atoms with van der Waals surface area (Å²) in [7, 11) is 1.67. The number of nitrogens with zero attached hydrogens (tertiary/aromatic N) is 1. The van der Waals surface area contributed by atoms with Crippen molar-refractivity contribution in [3.63, 3.8) is 0 Å². The Kier molecular flexibility index (Phi) is 6.88. The molecule has 1 unspecified atom stereocenters. The van der Waals surface area contributed by atoms with E-state index < -0.39 is 5.41 Å². The molecule has 1 fully saturated rings. The minimum Gasteiger partial charge on any atom is -0.466 e. The zero-order valence-corrected chi connectivity index (χ0v) is 14.8. The van der Waals surface area contributed by atoms with Gasteiger partial charge in [-0.3, -0.25) is 9.69 Å². The quantitative estimate of drug-likeness (QED) is 0.712. The molecule has 0 N–H and O–H groups in total. The van der Waals surface area contributed by atoms with Crippen molar-refractivity contribution in [3.05, 3.63) is 34.9 Å². The van der Waals surface area contributed by atoms with Crippen molar-refractivity contribution in [1.29, 1.82) is 0 Å². The van der Waals surface area contributed by atoms with E-state index in [1.54, 1.807) is 7.11 Å². The lowest BCUT2D eigenvalue weighted by molar-refractivity contribution is -0.160. The van der Waals surface area contributed by atoms with Gasteiger partial charge in [0.1, 0.15) is 0 Å². The first kappa shape index (κ1) is 18.2. The number of methoxy groups -OCH3 is 1. The topological polar surface area (TPSA) is 38.8 Å². The molecule has 23 heavy (non-hydrogen) atoms. The first-order chi connectivity index (χ1) is 11.1. The van der Waals surface area contributed by atoms with Crippen molar-refractivity contribution < 1.29 is 14.3 Å². The van der Waals surface area contributed by atoms with Crippen LogP contribution in [0.2, 0.25) is 5.02 Å². The maximum absolute atomic E-state index is 12.5. The molecule has 0 bridgehead atoms. The lowest BCUT2D eigenvalue weighted by Crippen LogP contribution is -2.48. The summed E-state index contributed by atoms with van der Waals surface area (Å²) in [6.07, 6.45) is 2.57. The zero-order chi connectivity index (χ0) is 16.7. The number of hydrogen-bond acceptors (Lipinski definition) is 4. The molecule has 1 aromatic rings. The summed E-state index contributed by atoms with van der Waals surface area (Å²) < 4.78 is 10.6. The minimum absolute atomic E-state index is 0.0853. The second kappa shape index (κ2) is 8.67. The number of rotatable bonds is 7. The highest BCUT2D eigenvalue weighted by Gasteiger charge is 2.43. The highest BCUT2D eigenvalue weighted by atomic mass is 35.5. The monoisotopic (exact) mass is 339 g/mol. The Bertz CT molecular complexity index is 505. The molecule has 128 valence electrons. The van der Waals surface area contributed by atoms with Gasteiger partial charge in [-0.05, 0) is 50.4 Å². The van der Waals surface area contributed by atoms with Gasteiger partial charge in [0.25, 0.3) is 0 Å². The standard InChI is InChI=1S/C18H26ClNO3/c1-3-23-17(21)18(10-12-22-2)9-4-11-20(14-18)13-15-5-7-16(19)8-6-15/h5-8H,3-4,9-14H2,1-2H3. The number of hydrogen-bond donors (Lipinski definition) is 0. The molecule has 1 atom stereocenters. The fourth-order valence-corrected chi connectivity index (χ4v) is 3.39. The normalized spacial score (nSPS) is 22.0. The van der Waals surface area contributed by atoms with E-state index >= 15 is 0 Å². The second-order valence-electron chi connectivity index (χ2n) is 6.18. The van der Waals surface area contributed by atoms with E-state index in [2.05, 4.69) is 4.90 Å². The Balaban J connectivity index is 2.07. The summed E-state index contributed by atoms with van der Waals surface area (Å²) in [5.41, 5.74) is 0.761. The van der Waals surface area contributed by atoms with Crippen molar-refractivity contribution in [2.45, 2.75) is 32.7 Å². The molecule has 1 aromatic carbocycles. The van der Waals surface area contributed by atoms with Crippen LogP contribution in [0.4, 0.5) is 0 Å². The number of carbonyl (C=O) groups excluding carboxylic acids is 1. The highest BCUT2D eigenvalue weighted by Crippen LogP contribution is 2.35. The molecule has 1 aliphatic heterocycles. The van der Waals surface area contributed by atoms with Crippen LogP contribution in [-0.2, 0) is 20.8 Å². The number of piperidine rings is 1. The molecular weight excluding hydrogens is 314 g/mol. The molecule has 0 saturated carbocycles. The predicted octanol–water partition coefficient (Wildman–Crippen LogP) is 3.52. The largest absolute Gasteiger partial charge is 0.466 e. The maximum atomic E-state index is 12.5. The molecule has 0 amide bonds. The SMILES string of the molecule is CCOC(=O)C1(CCOC)CCCN(Cc2ccc(Cl)cc2)C1. The van der Waals surface area contributed by atoms with Gasteiger partial charge in [0, 0.05) is 31.8 Å². The van der Waals surface area contributed by atoms with Crippen LogP contribution in [0.1, 0.15) is 31.7 Å². The average molecular weight is 340 g/mol. The van der Waals surface area contributed by atoms with E-state index in [0.29, 0.717) is 19.6 Å². The summed E-state index contributed by atoms with van der Waals surface area (Å²) in [6.45, 7) is 5.40. The zero-order valence-electron chi connectivity index (χ0n) is 14.0. The fourth-order valence-electron chi connectivity index (χ4n) is 3.26. The Hall–Kier alpha value is -1.10. The van der Waals surface area contributed by atoms with Gasteiger partial charge in [-0.1, -0.05) is 23.7 Å². The summed E-state index contributed by atoms with van der Waals surface area (Å²) in [5.74, 6) is -0.0853. The van der Waals surface area contributed by atoms with Gasteiger partial charge in [-0.15, -0.1) is 0 Å². The number of likely N-dealkylation sites (tertiary alicyclic amines) is 1. The molecule has 0 aliphatic carbocycles. The molecule has 1 aliphatic rings. The lowest BCUT2D eigenvalue weighted by Gasteiger charge is -2.41. The van der Waals surface area contributed by atoms with Crippen LogP contribution in [-0.4, -0.2) is 44.3 Å². The van der Waals surface area contributed by atoms with Crippen LogP contribution in [0.25, 0.3) is 0 Å². The maximum Gasteiger partial charge on any atom is 0.313 e. The Morgan fingerprint density at radius 1 is 1.35 bits per heavy atom. The molecule has 2 rings (SSSR count). The number of benzene rings is 1. The van der Waals surface area contributed by atoms with Crippen molar-refractivity contribution in [3.8, 4) is 0 Å². The van der Waals surface area contributed by atoms with Crippen LogP contribution >= 0.6 is 11.6 Å². The molecule has 1 saturated heterocycles. The van der Waals surface area contributed by atoms with Gasteiger partial charge in [-0.2, -0.15) is 0 Å². The molecule has 1 heterocycles. The summed E-state index contributed by atoms with van der Waals surface area (Å²) in [4.78, 5) is 14.9. The Morgan fingerprint density at radius 2 is 2.09 bits per heavy atom. The number of carbonyl (C=O) groups is 1. The minimum atomic E-state index is -0.448. The fraction of sp³-hybridized carbons (Fsp3) is 0.611. The summed E-state index contributed by atoms with van der Waals surface area (Å²) in [5, 5.41) is 0.744. The van der Waals surface area contributed by atoms with Gasteiger partial charge in [0.05, 0.1) is 12.0 Å². The van der Waals surface area contributed by atoms with E-state index in [1.165, 1.54) is 5.56 Å². The van der Waals surface area contributed by atoms with Gasteiger partial charge in [0.15, 0.2) is 0 Å². The number of esters is 1. The van der Waals surface area contributed by atoms with E-state index in [0.717, 1.165) is 37.5 Å². The van der Waals surface area contributed by atoms with Gasteiger partial charge < -0.3 is 9.47 Å². The van der Waals surface area contributed by atoms with E-state index in [4.69, 9.17) is 21.1 Å². The van der Waals surface area contributed by atoms with Crippen LogP contribution < -0.4 is 0 Å². The molecule has 0 aromatic heterocycles. The highest BCUT2D eigenvalue weighted by molar-refractivity contribution is 6.30. The predicted molar refractivity (Wildman–Crippen MR) is 91.5 cm³/mol. The first-order valence-corrected chi connectivity index (χ1v) is 8.60. The van der Waals surface area contributed by atoms with Crippen molar-refractivity contribution in [1.82, 2.24) is 4.90 Å². The smallest absolute Gasteiger partial charge is 0.313 e. The Morgan fingerprint density at radius 3 is 2.74 bits per heavy atom. The third kappa shape index (κ3) is 4.93. The first-order valence-electron chi connectivity index (χ1n) is 8.22. The van der Waals surface area contributed by atoms with Gasteiger partial charge >= 0.3 is 5.97 Å². The van der Waals surface area contributed by atoms with Crippen LogP contribution in [0, 0.1) is 5.41 Å². The number of ether oxygens (including phenoxy) is 2. The van der Waals surface area contributed by atoms with Gasteiger partial charge in [-0.25, -0.2) is 0 Å². The van der Waals surface area contributed by atoms with E-state index in [9.17, 15) is 4.79 Å². The molecular formula is C18H26ClNO3. The van der Waals surface area contributed by atoms with E-state index in [1.807, 2.05) is 31.2 Å². The average Bonchev–Trinajstić information content (AvgIpc) is 2.56. The van der Waals surface area contributed by atoms with Gasteiger partial charge in [0.2, 0.25) is 0 Å². The van der Waals surface area contributed by atoms with Crippen LogP contribution in [0.15, 0.2) is 24.3 Å². The summed E-state index contributed by atoms with van der Waals surface area (Å²) >= 11 is 5.94. The third-order valence-electron chi connectivity index (χ3n) is 4.47. The summed E-state index contributed by atoms with van der Waals surface area (Å²) in [6, 6.07) is 7.89. The molecule has 5 heteroatoms. The second-order valence-corrected chi connectivity index (χ2v) is 6.62. The Labute approximate surface area is 143 Å². The third-order valence-corrected chi connectivity index (χ3v) is 4.72. The van der Waals surface area contributed by atoms with Crippen LogP contribution in [0.5, 0.6) is 0 Å². The van der Waals surface area contributed by atoms with E-state index in [-0.39, 0.29) is 5.97 Å². The van der Waals surface area contributed by atoms with Crippen LogP contribution in [0.3, 0.4) is 0 Å². The molecule has 0 spiro atoms. The molecule has 0 radical (unpaired) electrons. The van der Waals surface area contributed by atoms with Crippen molar-refractivity contribution in [2.75, 3.05) is 33.4 Å². The number of halogens is 1. The lowest BCUT2D eigenvalue weighted by atomic mass is 9.77. The molecule has 4 nitrogen and oxygen atoms in total. The van der Waals surface area contributed by atoms with Crippen molar-refractivity contribution in [2.24, 2.45) is 5.41 Å².